The van der Waals surface area contributed by atoms with Crippen molar-refractivity contribution < 1.29 is 9.84 Å². The van der Waals surface area contributed by atoms with Crippen LogP contribution < -0.4 is 4.74 Å². The van der Waals surface area contributed by atoms with Gasteiger partial charge in [0.15, 0.2) is 5.82 Å². The fraction of sp³-hybridized carbons (Fsp3) is 0.167. The van der Waals surface area contributed by atoms with Crippen LogP contribution in [-0.4, -0.2) is 29.8 Å². The van der Waals surface area contributed by atoms with Crippen LogP contribution >= 0.6 is 11.6 Å². The molecule has 0 aliphatic rings. The van der Waals surface area contributed by atoms with Gasteiger partial charge in [0.05, 0.1) is 22.6 Å². The second-order valence-corrected chi connectivity index (χ2v) is 6.14. The summed E-state index contributed by atoms with van der Waals surface area (Å²) in [6, 6.07) is 13.4. The van der Waals surface area contributed by atoms with Gasteiger partial charge in [-0.05, 0) is 11.6 Å². The van der Waals surface area contributed by atoms with E-state index in [2.05, 4.69) is 20.2 Å². The van der Waals surface area contributed by atoms with Crippen LogP contribution in [0.15, 0.2) is 48.8 Å². The van der Waals surface area contributed by atoms with E-state index in [0.29, 0.717) is 41.1 Å². The van der Waals surface area contributed by atoms with Gasteiger partial charge < -0.3 is 14.4 Å². The van der Waals surface area contributed by atoms with Crippen molar-refractivity contribution in [1.82, 2.24) is 24.7 Å². The molecule has 0 fully saturated rings. The van der Waals surface area contributed by atoms with E-state index < -0.39 is 0 Å². The predicted octanol–water partition coefficient (Wildman–Crippen LogP) is 2.93. The number of hydrogen-bond acceptors (Lipinski definition) is 5. The molecule has 0 unspecified atom stereocenters. The van der Waals surface area contributed by atoms with Gasteiger partial charge >= 0.3 is 0 Å². The molecule has 7 nitrogen and oxygen atoms in total. The Balaban J connectivity index is 1.69. The maximum absolute atomic E-state index is 9.64. The molecule has 2 N–H and O–H groups in total. The number of aromatic nitrogens is 5. The van der Waals surface area contributed by atoms with Crippen LogP contribution in [0.1, 0.15) is 17.2 Å². The lowest BCUT2D eigenvalue weighted by atomic mass is 10.2. The van der Waals surface area contributed by atoms with Crippen LogP contribution in [0.4, 0.5) is 0 Å². The van der Waals surface area contributed by atoms with Gasteiger partial charge in [-0.15, -0.1) is 0 Å². The van der Waals surface area contributed by atoms with Crippen molar-refractivity contribution in [3.63, 3.8) is 0 Å². The highest BCUT2D eigenvalue weighted by atomic mass is 35.5. The van der Waals surface area contributed by atoms with E-state index in [1.807, 2.05) is 41.0 Å². The third-order valence-corrected chi connectivity index (χ3v) is 4.32. The summed E-state index contributed by atoms with van der Waals surface area (Å²) >= 11 is 6.35. The minimum atomic E-state index is -0.197. The van der Waals surface area contributed by atoms with E-state index >= 15 is 0 Å². The highest BCUT2D eigenvalue weighted by Gasteiger charge is 2.15. The summed E-state index contributed by atoms with van der Waals surface area (Å²) in [5, 5.41) is 16.9. The number of ether oxygens (including phenoxy) is 1. The molecular weight excluding hydrogens is 354 g/mol. The first kappa shape index (κ1) is 16.6. The van der Waals surface area contributed by atoms with Crippen LogP contribution in [0.2, 0.25) is 5.02 Å². The third kappa shape index (κ3) is 3.26. The van der Waals surface area contributed by atoms with Crippen LogP contribution in [0, 0.1) is 0 Å². The standard InChI is InChI=1S/C18H16ClN5O2/c19-13-6-14-15(7-16(13)26-10-12-4-2-1-3-5-12)24(18(9-25)22-14)8-17-20-11-21-23-17/h1-7,11,25H,8-10H2,(H,20,21,23). The summed E-state index contributed by atoms with van der Waals surface area (Å²) in [6.45, 7) is 0.598. The van der Waals surface area contributed by atoms with Gasteiger partial charge in [0.25, 0.3) is 0 Å². The molecule has 0 saturated heterocycles. The number of halogens is 1. The Hall–Kier alpha value is -2.90. The first-order valence-corrected chi connectivity index (χ1v) is 8.43. The number of rotatable bonds is 6. The molecule has 132 valence electrons. The Morgan fingerprint density at radius 3 is 2.77 bits per heavy atom. The Bertz CT molecular complexity index is 1020. The van der Waals surface area contributed by atoms with Gasteiger partial charge in [-0.25, -0.2) is 9.97 Å². The summed E-state index contributed by atoms with van der Waals surface area (Å²) in [5.74, 6) is 1.67. The number of nitrogens with one attached hydrogen (secondary N) is 1. The molecular formula is C18H16ClN5O2. The quantitative estimate of drug-likeness (QED) is 0.545. The van der Waals surface area contributed by atoms with Crippen molar-refractivity contribution in [3.8, 4) is 5.75 Å². The number of H-pyrrole nitrogens is 1. The minimum Gasteiger partial charge on any atom is -0.487 e. The Labute approximate surface area is 154 Å². The fourth-order valence-corrected chi connectivity index (χ4v) is 2.99. The number of nitrogens with zero attached hydrogens (tertiary/aromatic N) is 4. The number of hydrogen-bond donors (Lipinski definition) is 2. The molecule has 8 heteroatoms. The van der Waals surface area contributed by atoms with Crippen LogP contribution in [-0.2, 0) is 19.8 Å². The average Bonchev–Trinajstić information content (AvgIpc) is 3.29. The summed E-state index contributed by atoms with van der Waals surface area (Å²) in [5.41, 5.74) is 2.53. The monoisotopic (exact) mass is 369 g/mol. The number of aliphatic hydroxyl groups excluding tert-OH is 1. The van der Waals surface area contributed by atoms with Gasteiger partial charge in [0.2, 0.25) is 0 Å². The summed E-state index contributed by atoms with van der Waals surface area (Å²) in [4.78, 5) is 8.57. The smallest absolute Gasteiger partial charge is 0.170 e. The Morgan fingerprint density at radius 2 is 2.04 bits per heavy atom. The molecule has 0 spiro atoms. The van der Waals surface area contributed by atoms with E-state index in [0.717, 1.165) is 11.1 Å². The molecule has 2 aromatic heterocycles. The van der Waals surface area contributed by atoms with E-state index in [-0.39, 0.29) is 6.61 Å². The van der Waals surface area contributed by atoms with Gasteiger partial charge in [-0.3, -0.25) is 5.10 Å². The van der Waals surface area contributed by atoms with Crippen molar-refractivity contribution in [2.75, 3.05) is 0 Å². The number of imidazole rings is 1. The van der Waals surface area contributed by atoms with Gasteiger partial charge in [0.1, 0.15) is 31.1 Å². The fourth-order valence-electron chi connectivity index (χ4n) is 2.77. The van der Waals surface area contributed by atoms with Gasteiger partial charge in [-0.2, -0.15) is 5.10 Å². The lowest BCUT2D eigenvalue weighted by Gasteiger charge is -2.10. The maximum Gasteiger partial charge on any atom is 0.170 e. The highest BCUT2D eigenvalue weighted by molar-refractivity contribution is 6.32. The average molecular weight is 370 g/mol. The number of fused-ring (bicyclic) bond motifs is 1. The summed E-state index contributed by atoms with van der Waals surface area (Å²) in [7, 11) is 0. The number of benzene rings is 2. The van der Waals surface area contributed by atoms with Gasteiger partial charge in [-0.1, -0.05) is 41.9 Å². The molecule has 0 aliphatic carbocycles. The zero-order valence-electron chi connectivity index (χ0n) is 13.8. The Kier molecular flexibility index (Phi) is 4.55. The zero-order valence-corrected chi connectivity index (χ0v) is 14.5. The van der Waals surface area contributed by atoms with Crippen molar-refractivity contribution in [2.24, 2.45) is 0 Å². The molecule has 4 rings (SSSR count). The summed E-state index contributed by atoms with van der Waals surface area (Å²) < 4.78 is 7.74. The second kappa shape index (κ2) is 7.15. The molecule has 0 saturated carbocycles. The topological polar surface area (TPSA) is 88.9 Å². The third-order valence-electron chi connectivity index (χ3n) is 4.02. The molecule has 0 radical (unpaired) electrons. The lowest BCUT2D eigenvalue weighted by molar-refractivity contribution is 0.266. The van der Waals surface area contributed by atoms with Crippen molar-refractivity contribution >= 4 is 22.6 Å². The van der Waals surface area contributed by atoms with Gasteiger partial charge in [0, 0.05) is 6.07 Å². The molecule has 0 bridgehead atoms. The number of aliphatic hydroxyl groups is 1. The number of aromatic amines is 1. The van der Waals surface area contributed by atoms with Crippen molar-refractivity contribution in [1.29, 1.82) is 0 Å². The maximum atomic E-state index is 9.64. The lowest BCUT2D eigenvalue weighted by Crippen LogP contribution is -2.06. The van der Waals surface area contributed by atoms with E-state index in [9.17, 15) is 5.11 Å². The van der Waals surface area contributed by atoms with Crippen molar-refractivity contribution in [3.05, 3.63) is 71.0 Å². The minimum absolute atomic E-state index is 0.197. The normalized spacial score (nSPS) is 11.2. The van der Waals surface area contributed by atoms with Crippen LogP contribution in [0.3, 0.4) is 0 Å². The van der Waals surface area contributed by atoms with Crippen LogP contribution in [0.25, 0.3) is 11.0 Å². The Morgan fingerprint density at radius 1 is 1.19 bits per heavy atom. The zero-order chi connectivity index (χ0) is 17.9. The van der Waals surface area contributed by atoms with Crippen molar-refractivity contribution in [2.45, 2.75) is 19.8 Å². The molecule has 2 aromatic carbocycles. The molecule has 0 amide bonds. The van der Waals surface area contributed by atoms with E-state index in [1.54, 1.807) is 6.07 Å². The first-order chi connectivity index (χ1) is 12.7. The summed E-state index contributed by atoms with van der Waals surface area (Å²) in [6.07, 6.45) is 1.51. The molecule has 2 heterocycles. The first-order valence-electron chi connectivity index (χ1n) is 8.05. The van der Waals surface area contributed by atoms with E-state index in [4.69, 9.17) is 16.3 Å². The SMILES string of the molecule is OCc1nc2cc(Cl)c(OCc3ccccc3)cc2n1Cc1nc[nH]n1. The molecule has 26 heavy (non-hydrogen) atoms. The predicted molar refractivity (Wildman–Crippen MR) is 96.9 cm³/mol. The largest absolute Gasteiger partial charge is 0.487 e. The highest BCUT2D eigenvalue weighted by Crippen LogP contribution is 2.31. The second-order valence-electron chi connectivity index (χ2n) is 5.73. The molecule has 0 atom stereocenters. The molecule has 0 aliphatic heterocycles. The van der Waals surface area contributed by atoms with Crippen LogP contribution in [0.5, 0.6) is 5.75 Å². The molecule has 4 aromatic rings. The van der Waals surface area contributed by atoms with E-state index in [1.165, 1.54) is 6.33 Å².